The number of nitrogens with two attached hydrogens (primary N) is 1. The summed E-state index contributed by atoms with van der Waals surface area (Å²) in [6.07, 6.45) is 1.75. The van der Waals surface area contributed by atoms with Crippen molar-refractivity contribution in [2.45, 2.75) is 6.92 Å². The summed E-state index contributed by atoms with van der Waals surface area (Å²) in [4.78, 5) is 16.5. The maximum Gasteiger partial charge on any atom is 0.252 e. The highest BCUT2D eigenvalue weighted by Crippen LogP contribution is 2.26. The van der Waals surface area contributed by atoms with Gasteiger partial charge in [0.05, 0.1) is 17.5 Å². The van der Waals surface area contributed by atoms with Gasteiger partial charge in [0, 0.05) is 18.0 Å². The molecule has 1 heterocycles. The van der Waals surface area contributed by atoms with Crippen LogP contribution in [-0.4, -0.2) is 29.0 Å². The third-order valence-electron chi connectivity index (χ3n) is 3.83. The summed E-state index contributed by atoms with van der Waals surface area (Å²) in [5.41, 5.74) is 9.00. The molecule has 0 spiro atoms. The second-order valence-corrected chi connectivity index (χ2v) is 6.53. The third kappa shape index (κ3) is 3.57. The van der Waals surface area contributed by atoms with Crippen LogP contribution in [0.4, 0.5) is 0 Å². The number of hydrogen-bond donors (Lipinski definition) is 2. The number of carbonyl (C=O) groups is 1. The van der Waals surface area contributed by atoms with E-state index in [9.17, 15) is 9.90 Å². The molecule has 0 fully saturated rings. The normalized spacial score (nSPS) is 12.0. The minimum Gasteiger partial charge on any atom is -0.507 e. The van der Waals surface area contributed by atoms with Crippen LogP contribution in [0.3, 0.4) is 0 Å². The number of thiazole rings is 1. The van der Waals surface area contributed by atoms with Gasteiger partial charge in [-0.15, -0.1) is 11.3 Å². The number of benzene rings is 2. The van der Waals surface area contributed by atoms with Crippen LogP contribution in [0.5, 0.6) is 5.75 Å². The summed E-state index contributed by atoms with van der Waals surface area (Å²) in [5, 5.41) is 16.2. The number of aromatic hydroxyl groups is 1. The van der Waals surface area contributed by atoms with Crippen LogP contribution < -0.4 is 10.5 Å². The van der Waals surface area contributed by atoms with Crippen LogP contribution in [0.2, 0.25) is 0 Å². The fourth-order valence-electron chi connectivity index (χ4n) is 2.43. The van der Waals surface area contributed by atoms with Crippen molar-refractivity contribution in [1.29, 1.82) is 0 Å². The Kier molecular flexibility index (Phi) is 4.99. The molecule has 0 unspecified atom stereocenters. The van der Waals surface area contributed by atoms with Crippen molar-refractivity contribution in [3.8, 4) is 17.0 Å². The van der Waals surface area contributed by atoms with Crippen LogP contribution in [0.15, 0.2) is 57.9 Å². The zero-order chi connectivity index (χ0) is 18.7. The average Bonchev–Trinajstić information content (AvgIpc) is 3.04. The molecule has 0 aliphatic rings. The van der Waals surface area contributed by atoms with Crippen LogP contribution in [0.25, 0.3) is 11.3 Å². The molecule has 6 nitrogen and oxygen atoms in total. The first-order chi connectivity index (χ1) is 12.5. The number of carbonyl (C=O) groups excluding carboxylic acids is 1. The summed E-state index contributed by atoms with van der Waals surface area (Å²) in [6.45, 7) is 2.03. The van der Waals surface area contributed by atoms with Crippen molar-refractivity contribution < 1.29 is 9.90 Å². The Morgan fingerprint density at radius 2 is 1.96 bits per heavy atom. The molecule has 0 atom stereocenters. The standard InChI is InChI=1S/C19H18N4O2S/c1-12-3-5-13(6-4-12)10-22-23-16(11-26-19(23)21-2)14-7-8-17(24)15(9-14)18(20)25/h3-11,24H,1-2H3,(H2,20,25)/b21-19?,22-10-. The predicted molar refractivity (Wildman–Crippen MR) is 104 cm³/mol. The first-order valence-electron chi connectivity index (χ1n) is 7.87. The Bertz CT molecular complexity index is 1050. The molecular weight excluding hydrogens is 348 g/mol. The van der Waals surface area contributed by atoms with Gasteiger partial charge in [0.1, 0.15) is 5.75 Å². The Hall–Kier alpha value is -3.19. The minimum absolute atomic E-state index is 0.0674. The van der Waals surface area contributed by atoms with Gasteiger partial charge in [-0.2, -0.15) is 5.10 Å². The van der Waals surface area contributed by atoms with E-state index in [-0.39, 0.29) is 11.3 Å². The molecule has 0 saturated heterocycles. The molecule has 132 valence electrons. The van der Waals surface area contributed by atoms with Crippen molar-refractivity contribution >= 4 is 23.5 Å². The van der Waals surface area contributed by atoms with Crippen molar-refractivity contribution in [1.82, 2.24) is 4.68 Å². The molecule has 0 bridgehead atoms. The van der Waals surface area contributed by atoms with E-state index < -0.39 is 5.91 Å². The van der Waals surface area contributed by atoms with Crippen LogP contribution in [0, 0.1) is 6.92 Å². The van der Waals surface area contributed by atoms with Gasteiger partial charge in [-0.25, -0.2) is 4.68 Å². The molecule has 26 heavy (non-hydrogen) atoms. The molecule has 2 aromatic carbocycles. The van der Waals surface area contributed by atoms with Crippen LogP contribution in [0.1, 0.15) is 21.5 Å². The van der Waals surface area contributed by atoms with Gasteiger partial charge < -0.3 is 10.8 Å². The third-order valence-corrected chi connectivity index (χ3v) is 4.74. The molecule has 1 aromatic heterocycles. The lowest BCUT2D eigenvalue weighted by molar-refractivity contribution is 0.0998. The van der Waals surface area contributed by atoms with Crippen LogP contribution in [-0.2, 0) is 0 Å². The van der Waals surface area contributed by atoms with Crippen molar-refractivity contribution in [2.75, 3.05) is 7.05 Å². The molecular formula is C19H18N4O2S. The summed E-state index contributed by atoms with van der Waals surface area (Å²) < 4.78 is 1.70. The molecule has 3 rings (SSSR count). The largest absolute Gasteiger partial charge is 0.507 e. The fraction of sp³-hybridized carbons (Fsp3) is 0.105. The molecule has 1 amide bonds. The molecule has 3 N–H and O–H groups in total. The zero-order valence-corrected chi connectivity index (χ0v) is 15.2. The van der Waals surface area contributed by atoms with Gasteiger partial charge in [-0.3, -0.25) is 9.79 Å². The Labute approximate surface area is 154 Å². The first-order valence-corrected chi connectivity index (χ1v) is 8.75. The smallest absolute Gasteiger partial charge is 0.252 e. The SMILES string of the molecule is CN=c1scc(-c2ccc(O)c(C(N)=O)c2)n1/N=C\c1ccc(C)cc1. The molecule has 0 saturated carbocycles. The summed E-state index contributed by atoms with van der Waals surface area (Å²) in [6, 6.07) is 12.7. The quantitative estimate of drug-likeness (QED) is 0.695. The highest BCUT2D eigenvalue weighted by molar-refractivity contribution is 7.07. The number of phenols is 1. The van der Waals surface area contributed by atoms with Gasteiger partial charge in [0.15, 0.2) is 0 Å². The second-order valence-electron chi connectivity index (χ2n) is 5.69. The van der Waals surface area contributed by atoms with Gasteiger partial charge in [-0.1, -0.05) is 29.8 Å². The molecule has 0 aliphatic carbocycles. The lowest BCUT2D eigenvalue weighted by Gasteiger charge is -2.06. The summed E-state index contributed by atoms with van der Waals surface area (Å²) in [5.74, 6) is -0.832. The maximum absolute atomic E-state index is 11.5. The molecule has 0 radical (unpaired) electrons. The number of aromatic nitrogens is 1. The Morgan fingerprint density at radius 3 is 2.62 bits per heavy atom. The van der Waals surface area contributed by atoms with Gasteiger partial charge in [0.2, 0.25) is 4.80 Å². The van der Waals surface area contributed by atoms with Crippen molar-refractivity contribution in [3.63, 3.8) is 0 Å². The zero-order valence-electron chi connectivity index (χ0n) is 14.4. The predicted octanol–water partition coefficient (Wildman–Crippen LogP) is 2.74. The van der Waals surface area contributed by atoms with Gasteiger partial charge in [0.25, 0.3) is 5.91 Å². The monoisotopic (exact) mass is 366 g/mol. The number of rotatable bonds is 4. The highest BCUT2D eigenvalue weighted by atomic mass is 32.1. The number of nitrogens with zero attached hydrogens (tertiary/aromatic N) is 3. The Morgan fingerprint density at radius 1 is 1.23 bits per heavy atom. The average molecular weight is 366 g/mol. The highest BCUT2D eigenvalue weighted by Gasteiger charge is 2.13. The molecule has 7 heteroatoms. The van der Waals surface area contributed by atoms with Gasteiger partial charge in [-0.05, 0) is 30.7 Å². The molecule has 3 aromatic rings. The van der Waals surface area contributed by atoms with E-state index >= 15 is 0 Å². The minimum atomic E-state index is -0.685. The topological polar surface area (TPSA) is 93.0 Å². The lowest BCUT2D eigenvalue weighted by Crippen LogP contribution is -2.13. The second kappa shape index (κ2) is 7.37. The summed E-state index contributed by atoms with van der Waals surface area (Å²) in [7, 11) is 1.69. The lowest BCUT2D eigenvalue weighted by atomic mass is 10.1. The van der Waals surface area contributed by atoms with Gasteiger partial charge >= 0.3 is 0 Å². The van der Waals surface area contributed by atoms with E-state index in [1.54, 1.807) is 30.1 Å². The molecule has 0 aliphatic heterocycles. The summed E-state index contributed by atoms with van der Waals surface area (Å²) >= 11 is 1.43. The van der Waals surface area contributed by atoms with E-state index in [1.165, 1.54) is 23.0 Å². The Balaban J connectivity index is 2.08. The van der Waals surface area contributed by atoms with E-state index in [2.05, 4.69) is 10.1 Å². The van der Waals surface area contributed by atoms with Crippen molar-refractivity contribution in [2.24, 2.45) is 15.8 Å². The fourth-order valence-corrected chi connectivity index (χ4v) is 3.23. The van der Waals surface area contributed by atoms with Crippen molar-refractivity contribution in [3.05, 3.63) is 69.3 Å². The van der Waals surface area contributed by atoms with E-state index in [4.69, 9.17) is 5.73 Å². The van der Waals surface area contributed by atoms with Crippen LogP contribution >= 0.6 is 11.3 Å². The number of hydrogen-bond acceptors (Lipinski definition) is 5. The number of primary amides is 1. The number of amides is 1. The number of aryl methyl sites for hydroxylation is 1. The first kappa shape index (κ1) is 17.6. The van der Waals surface area contributed by atoms with E-state index in [1.807, 2.05) is 36.6 Å². The van der Waals surface area contributed by atoms with E-state index in [0.29, 0.717) is 10.4 Å². The van der Waals surface area contributed by atoms with E-state index in [0.717, 1.165) is 11.3 Å². The maximum atomic E-state index is 11.5.